The lowest BCUT2D eigenvalue weighted by atomic mass is 10.1. The van der Waals surface area contributed by atoms with Gasteiger partial charge in [0.1, 0.15) is 11.5 Å². The van der Waals surface area contributed by atoms with Gasteiger partial charge in [0.15, 0.2) is 0 Å². The van der Waals surface area contributed by atoms with Crippen molar-refractivity contribution in [2.75, 3.05) is 7.05 Å². The Morgan fingerprint density at radius 3 is 2.63 bits per heavy atom. The highest BCUT2D eigenvalue weighted by Gasteiger charge is 2.13. The molecule has 2 aromatic heterocycles. The number of nitrogens with one attached hydrogen (secondary N) is 1. The highest BCUT2D eigenvalue weighted by atomic mass is 16.3. The van der Waals surface area contributed by atoms with Gasteiger partial charge >= 0.3 is 0 Å². The molecule has 104 valence electrons. The Labute approximate surface area is 114 Å². The van der Waals surface area contributed by atoms with E-state index >= 15 is 0 Å². The van der Waals surface area contributed by atoms with E-state index in [2.05, 4.69) is 41.9 Å². The molecule has 0 fully saturated rings. The summed E-state index contributed by atoms with van der Waals surface area (Å²) >= 11 is 0. The third-order valence-corrected chi connectivity index (χ3v) is 3.63. The first kappa shape index (κ1) is 13.9. The van der Waals surface area contributed by atoms with Crippen LogP contribution >= 0.6 is 0 Å². The molecule has 1 N–H and O–H groups in total. The Morgan fingerprint density at radius 2 is 2.05 bits per heavy atom. The Morgan fingerprint density at radius 1 is 1.32 bits per heavy atom. The molecular formula is C15H23N3O. The summed E-state index contributed by atoms with van der Waals surface area (Å²) in [6.45, 7) is 9.96. The van der Waals surface area contributed by atoms with Crippen molar-refractivity contribution >= 4 is 0 Å². The van der Waals surface area contributed by atoms with Gasteiger partial charge in [-0.1, -0.05) is 6.92 Å². The van der Waals surface area contributed by atoms with Gasteiger partial charge in [-0.3, -0.25) is 4.68 Å². The summed E-state index contributed by atoms with van der Waals surface area (Å²) in [7, 11) is 1.92. The lowest BCUT2D eigenvalue weighted by Crippen LogP contribution is -2.05. The maximum absolute atomic E-state index is 5.73. The smallest absolute Gasteiger partial charge is 0.118 e. The third-order valence-electron chi connectivity index (χ3n) is 3.63. The number of hydrogen-bond donors (Lipinski definition) is 1. The lowest BCUT2D eigenvalue weighted by molar-refractivity contribution is 0.467. The normalized spacial score (nSPS) is 11.2. The first-order valence-electron chi connectivity index (χ1n) is 6.82. The van der Waals surface area contributed by atoms with E-state index in [1.54, 1.807) is 0 Å². The van der Waals surface area contributed by atoms with E-state index in [0.717, 1.165) is 36.7 Å². The molecule has 2 aromatic rings. The van der Waals surface area contributed by atoms with Crippen molar-refractivity contribution in [2.24, 2.45) is 0 Å². The van der Waals surface area contributed by atoms with Crippen LogP contribution in [0.3, 0.4) is 0 Å². The van der Waals surface area contributed by atoms with Gasteiger partial charge in [0.05, 0.1) is 18.8 Å². The highest BCUT2D eigenvalue weighted by Crippen LogP contribution is 2.19. The van der Waals surface area contributed by atoms with Gasteiger partial charge in [-0.05, 0) is 45.9 Å². The summed E-state index contributed by atoms with van der Waals surface area (Å²) < 4.78 is 7.81. The Bertz CT molecular complexity index is 566. The van der Waals surface area contributed by atoms with Gasteiger partial charge in [-0.25, -0.2) is 0 Å². The molecule has 0 unspecified atom stereocenters. The van der Waals surface area contributed by atoms with Crippen molar-refractivity contribution in [2.45, 2.75) is 47.2 Å². The molecule has 0 atom stereocenters. The molecule has 0 bridgehead atoms. The minimum Gasteiger partial charge on any atom is -0.465 e. The van der Waals surface area contributed by atoms with Crippen LogP contribution in [0.2, 0.25) is 0 Å². The molecule has 0 aliphatic rings. The quantitative estimate of drug-likeness (QED) is 0.900. The van der Waals surface area contributed by atoms with Crippen molar-refractivity contribution in [3.05, 3.63) is 40.1 Å². The summed E-state index contributed by atoms with van der Waals surface area (Å²) in [5.41, 5.74) is 4.96. The average molecular weight is 261 g/mol. The molecule has 0 amide bonds. The zero-order valence-corrected chi connectivity index (χ0v) is 12.5. The second-order valence-electron chi connectivity index (χ2n) is 4.99. The molecule has 4 heteroatoms. The van der Waals surface area contributed by atoms with Gasteiger partial charge in [-0.2, -0.15) is 5.10 Å². The number of rotatable bonds is 5. The largest absolute Gasteiger partial charge is 0.465 e. The molecule has 0 aliphatic carbocycles. The SMILES string of the molecule is CCc1c(C)nn(Cc2cc(CNC)oc2C)c1C. The average Bonchev–Trinajstić information content (AvgIpc) is 2.82. The van der Waals surface area contributed by atoms with Crippen LogP contribution in [0.5, 0.6) is 0 Å². The molecule has 4 nitrogen and oxygen atoms in total. The van der Waals surface area contributed by atoms with Crippen molar-refractivity contribution in [3.8, 4) is 0 Å². The molecule has 0 radical (unpaired) electrons. The summed E-state index contributed by atoms with van der Waals surface area (Å²) in [5, 5.41) is 7.74. The van der Waals surface area contributed by atoms with Crippen LogP contribution < -0.4 is 5.32 Å². The van der Waals surface area contributed by atoms with Gasteiger partial charge < -0.3 is 9.73 Å². The van der Waals surface area contributed by atoms with Crippen LogP contribution in [0.1, 0.15) is 41.0 Å². The van der Waals surface area contributed by atoms with Gasteiger partial charge in [-0.15, -0.1) is 0 Å². The van der Waals surface area contributed by atoms with Gasteiger partial charge in [0.25, 0.3) is 0 Å². The maximum atomic E-state index is 5.73. The lowest BCUT2D eigenvalue weighted by Gasteiger charge is -2.03. The van der Waals surface area contributed by atoms with Crippen molar-refractivity contribution in [1.29, 1.82) is 0 Å². The van der Waals surface area contributed by atoms with Crippen molar-refractivity contribution in [1.82, 2.24) is 15.1 Å². The molecule has 0 aromatic carbocycles. The molecule has 19 heavy (non-hydrogen) atoms. The third kappa shape index (κ3) is 2.73. The van der Waals surface area contributed by atoms with E-state index < -0.39 is 0 Å². The van der Waals surface area contributed by atoms with Gasteiger partial charge in [0, 0.05) is 11.3 Å². The fourth-order valence-corrected chi connectivity index (χ4v) is 2.57. The molecule has 0 spiro atoms. The predicted molar refractivity (Wildman–Crippen MR) is 76.4 cm³/mol. The monoisotopic (exact) mass is 261 g/mol. The van der Waals surface area contributed by atoms with Crippen LogP contribution in [-0.2, 0) is 19.5 Å². The van der Waals surface area contributed by atoms with Crippen LogP contribution in [0.15, 0.2) is 10.5 Å². The number of aromatic nitrogens is 2. The van der Waals surface area contributed by atoms with Crippen molar-refractivity contribution in [3.63, 3.8) is 0 Å². The number of nitrogens with zero attached hydrogens (tertiary/aromatic N) is 2. The first-order chi connectivity index (χ1) is 9.06. The van der Waals surface area contributed by atoms with E-state index in [1.165, 1.54) is 16.8 Å². The number of furan rings is 1. The fourth-order valence-electron chi connectivity index (χ4n) is 2.57. The molecule has 0 saturated carbocycles. The van der Waals surface area contributed by atoms with Crippen LogP contribution in [0.4, 0.5) is 0 Å². The number of hydrogen-bond acceptors (Lipinski definition) is 3. The minimum atomic E-state index is 0.762. The minimum absolute atomic E-state index is 0.762. The fraction of sp³-hybridized carbons (Fsp3) is 0.533. The summed E-state index contributed by atoms with van der Waals surface area (Å²) in [4.78, 5) is 0. The second kappa shape index (κ2) is 5.61. The molecule has 0 aliphatic heterocycles. The maximum Gasteiger partial charge on any atom is 0.118 e. The van der Waals surface area contributed by atoms with E-state index in [9.17, 15) is 0 Å². The molecule has 2 heterocycles. The van der Waals surface area contributed by atoms with Crippen LogP contribution in [0, 0.1) is 20.8 Å². The molecular weight excluding hydrogens is 238 g/mol. The zero-order valence-electron chi connectivity index (χ0n) is 12.5. The van der Waals surface area contributed by atoms with E-state index in [1.807, 2.05) is 14.0 Å². The predicted octanol–water partition coefficient (Wildman–Crippen LogP) is 2.73. The van der Waals surface area contributed by atoms with E-state index in [4.69, 9.17) is 4.42 Å². The Kier molecular flexibility index (Phi) is 4.10. The van der Waals surface area contributed by atoms with Crippen molar-refractivity contribution < 1.29 is 4.42 Å². The Hall–Kier alpha value is -1.55. The highest BCUT2D eigenvalue weighted by molar-refractivity contribution is 5.27. The molecule has 0 saturated heterocycles. The van der Waals surface area contributed by atoms with Crippen LogP contribution in [0.25, 0.3) is 0 Å². The summed E-state index contributed by atoms with van der Waals surface area (Å²) in [5.74, 6) is 1.96. The zero-order chi connectivity index (χ0) is 14.0. The van der Waals surface area contributed by atoms with E-state index in [0.29, 0.717) is 0 Å². The first-order valence-corrected chi connectivity index (χ1v) is 6.82. The number of aryl methyl sites for hydroxylation is 2. The topological polar surface area (TPSA) is 43.0 Å². The summed E-state index contributed by atoms with van der Waals surface area (Å²) in [6.07, 6.45) is 1.03. The summed E-state index contributed by atoms with van der Waals surface area (Å²) in [6, 6.07) is 2.12. The van der Waals surface area contributed by atoms with Crippen LogP contribution in [-0.4, -0.2) is 16.8 Å². The standard InChI is InChI=1S/C15H23N3O/c1-6-15-10(2)17-18(11(15)3)9-13-7-14(8-16-5)19-12(13)4/h7,16H,6,8-9H2,1-5H3. The Balaban J connectivity index is 2.26. The molecule has 2 rings (SSSR count). The van der Waals surface area contributed by atoms with Gasteiger partial charge in [0.2, 0.25) is 0 Å². The second-order valence-corrected chi connectivity index (χ2v) is 4.99. The van der Waals surface area contributed by atoms with E-state index in [-0.39, 0.29) is 0 Å².